The van der Waals surface area contributed by atoms with Crippen LogP contribution in [0.1, 0.15) is 20.8 Å². The van der Waals surface area contributed by atoms with Crippen molar-refractivity contribution in [3.8, 4) is 11.5 Å². The van der Waals surface area contributed by atoms with Crippen LogP contribution < -0.4 is 9.47 Å². The topological polar surface area (TPSA) is 48.0 Å². The summed E-state index contributed by atoms with van der Waals surface area (Å²) in [5.41, 5.74) is 1.43. The van der Waals surface area contributed by atoms with Crippen LogP contribution in [0.15, 0.2) is 36.4 Å². The Kier molecular flexibility index (Phi) is 6.16. The van der Waals surface area contributed by atoms with Gasteiger partial charge < -0.3 is 19.1 Å². The highest BCUT2D eigenvalue weighted by Gasteiger charge is 2.23. The van der Waals surface area contributed by atoms with E-state index in [-0.39, 0.29) is 18.3 Å². The highest BCUT2D eigenvalue weighted by molar-refractivity contribution is 7.21. The van der Waals surface area contributed by atoms with Crippen molar-refractivity contribution >= 4 is 27.3 Å². The number of hydrogen-bond acceptors (Lipinski definition) is 5. The predicted octanol–water partition coefficient (Wildman–Crippen LogP) is 4.48. The van der Waals surface area contributed by atoms with E-state index in [9.17, 15) is 9.18 Å². The standard InChI is InChI=1S/C21H22FNO4S/c1-23(11-13-8-9-14(26-3)10-17(13)27-4)21(24)20-15(12-25-2)19-16(22)6-5-7-18(19)28-20/h5-10H,11-12H2,1-4H3. The summed E-state index contributed by atoms with van der Waals surface area (Å²) in [4.78, 5) is 15.2. The number of halogens is 1. The summed E-state index contributed by atoms with van der Waals surface area (Å²) in [6.45, 7) is 0.511. The van der Waals surface area contributed by atoms with E-state index in [1.807, 2.05) is 18.2 Å². The van der Waals surface area contributed by atoms with Crippen LogP contribution in [0, 0.1) is 5.82 Å². The number of methoxy groups -OCH3 is 3. The van der Waals surface area contributed by atoms with E-state index in [1.54, 1.807) is 38.3 Å². The molecule has 0 unspecified atom stereocenters. The maximum atomic E-state index is 14.4. The number of amides is 1. The van der Waals surface area contributed by atoms with E-state index < -0.39 is 0 Å². The van der Waals surface area contributed by atoms with Gasteiger partial charge in [-0.2, -0.15) is 0 Å². The number of fused-ring (bicyclic) bond motifs is 1. The third-order valence-electron chi connectivity index (χ3n) is 4.49. The molecule has 5 nitrogen and oxygen atoms in total. The number of hydrogen-bond donors (Lipinski definition) is 0. The molecule has 0 saturated heterocycles. The second-order valence-electron chi connectivity index (χ2n) is 6.29. The molecule has 0 aliphatic rings. The quantitative estimate of drug-likeness (QED) is 0.584. The molecule has 0 fully saturated rings. The molecule has 3 rings (SSSR count). The normalized spacial score (nSPS) is 10.9. The summed E-state index contributed by atoms with van der Waals surface area (Å²) < 4.78 is 31.0. The third kappa shape index (κ3) is 3.81. The molecule has 3 aromatic rings. The fraction of sp³-hybridized carbons (Fsp3) is 0.286. The minimum atomic E-state index is -0.348. The van der Waals surface area contributed by atoms with Crippen LogP contribution in [-0.2, 0) is 17.9 Å². The molecule has 0 bridgehead atoms. The van der Waals surface area contributed by atoms with Gasteiger partial charge in [-0.15, -0.1) is 11.3 Å². The Bertz CT molecular complexity index is 1000. The van der Waals surface area contributed by atoms with Gasteiger partial charge in [0.1, 0.15) is 17.3 Å². The minimum absolute atomic E-state index is 0.168. The smallest absolute Gasteiger partial charge is 0.264 e. The van der Waals surface area contributed by atoms with Gasteiger partial charge in [0.15, 0.2) is 0 Å². The van der Waals surface area contributed by atoms with Crippen LogP contribution in [0.25, 0.3) is 10.1 Å². The lowest BCUT2D eigenvalue weighted by Gasteiger charge is -2.19. The highest BCUT2D eigenvalue weighted by atomic mass is 32.1. The molecule has 1 heterocycles. The molecule has 2 aromatic carbocycles. The zero-order valence-corrected chi connectivity index (χ0v) is 17.1. The van der Waals surface area contributed by atoms with E-state index >= 15 is 0 Å². The minimum Gasteiger partial charge on any atom is -0.497 e. The second-order valence-corrected chi connectivity index (χ2v) is 7.35. The SMILES string of the molecule is COCc1c(C(=O)N(C)Cc2ccc(OC)cc2OC)sc2cccc(F)c12. The van der Waals surface area contributed by atoms with Gasteiger partial charge in [-0.05, 0) is 24.3 Å². The lowest BCUT2D eigenvalue weighted by atomic mass is 10.1. The van der Waals surface area contributed by atoms with Crippen molar-refractivity contribution in [2.75, 3.05) is 28.4 Å². The Morgan fingerprint density at radius 1 is 1.14 bits per heavy atom. The van der Waals surface area contributed by atoms with Crippen LogP contribution >= 0.6 is 11.3 Å². The molecule has 0 atom stereocenters. The molecule has 148 valence electrons. The van der Waals surface area contributed by atoms with E-state index in [1.165, 1.54) is 24.5 Å². The van der Waals surface area contributed by atoms with Crippen LogP contribution in [-0.4, -0.2) is 39.2 Å². The number of carbonyl (C=O) groups excluding carboxylic acids is 1. The van der Waals surface area contributed by atoms with Gasteiger partial charge in [0.2, 0.25) is 0 Å². The Hall–Kier alpha value is -2.64. The third-order valence-corrected chi connectivity index (χ3v) is 5.68. The van der Waals surface area contributed by atoms with Crippen molar-refractivity contribution in [1.82, 2.24) is 4.90 Å². The fourth-order valence-corrected chi connectivity index (χ4v) is 4.32. The number of thiophene rings is 1. The second kappa shape index (κ2) is 8.58. The Labute approximate surface area is 167 Å². The maximum absolute atomic E-state index is 14.4. The van der Waals surface area contributed by atoms with Crippen LogP contribution in [0.4, 0.5) is 4.39 Å². The molecule has 1 aromatic heterocycles. The molecule has 0 N–H and O–H groups in total. The molecule has 28 heavy (non-hydrogen) atoms. The van der Waals surface area contributed by atoms with Crippen molar-refractivity contribution in [3.63, 3.8) is 0 Å². The number of ether oxygens (including phenoxy) is 3. The van der Waals surface area contributed by atoms with E-state index in [0.29, 0.717) is 33.9 Å². The molecule has 0 radical (unpaired) electrons. The first-order chi connectivity index (χ1) is 13.5. The number of benzene rings is 2. The van der Waals surface area contributed by atoms with Crippen molar-refractivity contribution < 1.29 is 23.4 Å². The monoisotopic (exact) mass is 403 g/mol. The largest absolute Gasteiger partial charge is 0.497 e. The zero-order chi connectivity index (χ0) is 20.3. The van der Waals surface area contributed by atoms with E-state index in [4.69, 9.17) is 14.2 Å². The number of carbonyl (C=O) groups is 1. The summed E-state index contributed by atoms with van der Waals surface area (Å²) in [6, 6.07) is 10.3. The van der Waals surface area contributed by atoms with Crippen LogP contribution in [0.2, 0.25) is 0 Å². The molecular formula is C21H22FNO4S. The lowest BCUT2D eigenvalue weighted by molar-refractivity contribution is 0.0785. The molecule has 0 saturated carbocycles. The Balaban J connectivity index is 1.94. The summed E-state index contributed by atoms with van der Waals surface area (Å²) in [5, 5.41) is 0.452. The first kappa shape index (κ1) is 20.1. The van der Waals surface area contributed by atoms with Gasteiger partial charge in [0.25, 0.3) is 5.91 Å². The molecular weight excluding hydrogens is 381 g/mol. The van der Waals surface area contributed by atoms with Gasteiger partial charge >= 0.3 is 0 Å². The summed E-state index contributed by atoms with van der Waals surface area (Å²) in [5.74, 6) is 0.778. The molecule has 0 aliphatic heterocycles. The molecule has 1 amide bonds. The van der Waals surface area contributed by atoms with E-state index in [0.717, 1.165) is 10.3 Å². The van der Waals surface area contributed by atoms with Gasteiger partial charge in [-0.3, -0.25) is 4.79 Å². The summed E-state index contributed by atoms with van der Waals surface area (Å²) in [6.07, 6.45) is 0. The van der Waals surface area contributed by atoms with Gasteiger partial charge in [0.05, 0.1) is 25.7 Å². The van der Waals surface area contributed by atoms with Crippen LogP contribution in [0.3, 0.4) is 0 Å². The average molecular weight is 403 g/mol. The van der Waals surface area contributed by atoms with Gasteiger partial charge in [0, 0.05) is 48.0 Å². The van der Waals surface area contributed by atoms with Gasteiger partial charge in [-0.25, -0.2) is 4.39 Å². The van der Waals surface area contributed by atoms with Crippen LogP contribution in [0.5, 0.6) is 11.5 Å². The average Bonchev–Trinajstić information content (AvgIpc) is 3.07. The molecule has 0 spiro atoms. The maximum Gasteiger partial charge on any atom is 0.264 e. The summed E-state index contributed by atoms with van der Waals surface area (Å²) >= 11 is 1.28. The van der Waals surface area contributed by atoms with E-state index in [2.05, 4.69) is 0 Å². The van der Waals surface area contributed by atoms with Crippen molar-refractivity contribution in [3.05, 3.63) is 58.2 Å². The van der Waals surface area contributed by atoms with Crippen molar-refractivity contribution in [2.45, 2.75) is 13.2 Å². The lowest BCUT2D eigenvalue weighted by Crippen LogP contribution is -2.26. The Morgan fingerprint density at radius 3 is 2.61 bits per heavy atom. The zero-order valence-electron chi connectivity index (χ0n) is 16.2. The predicted molar refractivity (Wildman–Crippen MR) is 108 cm³/mol. The molecule has 7 heteroatoms. The molecule has 0 aliphatic carbocycles. The Morgan fingerprint density at radius 2 is 1.93 bits per heavy atom. The van der Waals surface area contributed by atoms with Crippen molar-refractivity contribution in [1.29, 1.82) is 0 Å². The highest BCUT2D eigenvalue weighted by Crippen LogP contribution is 2.35. The summed E-state index contributed by atoms with van der Waals surface area (Å²) in [7, 11) is 6.40. The first-order valence-electron chi connectivity index (χ1n) is 8.65. The van der Waals surface area contributed by atoms with Crippen molar-refractivity contribution in [2.24, 2.45) is 0 Å². The number of rotatable bonds is 7. The van der Waals surface area contributed by atoms with Gasteiger partial charge in [-0.1, -0.05) is 6.07 Å². The number of nitrogens with zero attached hydrogens (tertiary/aromatic N) is 1. The first-order valence-corrected chi connectivity index (χ1v) is 9.47. The fourth-order valence-electron chi connectivity index (χ4n) is 3.11.